The van der Waals surface area contributed by atoms with E-state index in [-0.39, 0.29) is 0 Å². The molecule has 0 radical (unpaired) electrons. The normalized spacial score (nSPS) is 13.7. The first-order valence-corrected chi connectivity index (χ1v) is 10.1. The summed E-state index contributed by atoms with van der Waals surface area (Å²) in [5.74, 6) is 2.41. The van der Waals surface area contributed by atoms with Gasteiger partial charge in [-0.25, -0.2) is 9.97 Å². The molecule has 3 heterocycles. The van der Waals surface area contributed by atoms with Gasteiger partial charge in [-0.2, -0.15) is 0 Å². The van der Waals surface area contributed by atoms with Crippen molar-refractivity contribution in [1.82, 2.24) is 19.9 Å². The zero-order valence-corrected chi connectivity index (χ0v) is 17.0. The minimum absolute atomic E-state index is 0.616. The fourth-order valence-corrected chi connectivity index (χ4v) is 3.65. The smallest absolute Gasteiger partial charge is 0.165 e. The van der Waals surface area contributed by atoms with Crippen LogP contribution in [0.3, 0.4) is 0 Å². The summed E-state index contributed by atoms with van der Waals surface area (Å²) in [5.41, 5.74) is 4.41. The molecule has 2 aromatic heterocycles. The van der Waals surface area contributed by atoms with E-state index in [1.165, 1.54) is 5.56 Å². The van der Waals surface area contributed by atoms with Gasteiger partial charge in [0.15, 0.2) is 17.3 Å². The van der Waals surface area contributed by atoms with Crippen molar-refractivity contribution in [2.75, 3.05) is 19.8 Å². The molecule has 0 atom stereocenters. The molecule has 0 fully saturated rings. The van der Waals surface area contributed by atoms with Crippen LogP contribution in [0.4, 0.5) is 0 Å². The van der Waals surface area contributed by atoms with Gasteiger partial charge in [-0.15, -0.1) is 0 Å². The largest absolute Gasteiger partial charge is 0.490 e. The molecule has 0 saturated heterocycles. The number of fused-ring (bicyclic) bond motifs is 1. The number of para-hydroxylation sites is 1. The Morgan fingerprint density at radius 1 is 1.03 bits per heavy atom. The number of hydrogen-bond donors (Lipinski definition) is 0. The van der Waals surface area contributed by atoms with Crippen LogP contribution in [0.1, 0.15) is 30.7 Å². The lowest BCUT2D eigenvalue weighted by Crippen LogP contribution is -2.31. The highest BCUT2D eigenvalue weighted by Crippen LogP contribution is 2.33. The topological polar surface area (TPSA) is 60.4 Å². The summed E-state index contributed by atoms with van der Waals surface area (Å²) < 4.78 is 11.7. The maximum absolute atomic E-state index is 5.91. The monoisotopic (exact) mass is 390 g/mol. The molecule has 0 spiro atoms. The van der Waals surface area contributed by atoms with Crippen molar-refractivity contribution in [3.63, 3.8) is 0 Å². The standard InChI is InChI=1S/C23H26N4O2/c1-3-28-21-9-5-7-18(22(21)29-4-2)15-27-12-10-20-19(16-27)14-25-23(26-20)17-8-6-11-24-13-17/h5-9,11,13-14H,3-4,10,12,15-16H2,1-2H3. The summed E-state index contributed by atoms with van der Waals surface area (Å²) in [5, 5.41) is 0. The van der Waals surface area contributed by atoms with E-state index in [1.807, 2.05) is 44.3 Å². The van der Waals surface area contributed by atoms with E-state index < -0.39 is 0 Å². The van der Waals surface area contributed by atoms with Crippen LogP contribution in [0, 0.1) is 0 Å². The van der Waals surface area contributed by atoms with Crippen LogP contribution in [0.5, 0.6) is 11.5 Å². The summed E-state index contributed by atoms with van der Waals surface area (Å²) in [7, 11) is 0. The summed E-state index contributed by atoms with van der Waals surface area (Å²) in [6.45, 7) is 7.81. The molecule has 0 saturated carbocycles. The van der Waals surface area contributed by atoms with Crippen molar-refractivity contribution < 1.29 is 9.47 Å². The second-order valence-corrected chi connectivity index (χ2v) is 6.98. The van der Waals surface area contributed by atoms with Gasteiger partial charge in [0.1, 0.15) is 0 Å². The van der Waals surface area contributed by atoms with Crippen molar-refractivity contribution in [2.45, 2.75) is 33.4 Å². The maximum atomic E-state index is 5.91. The third kappa shape index (κ3) is 4.38. The van der Waals surface area contributed by atoms with E-state index in [0.29, 0.717) is 13.2 Å². The Morgan fingerprint density at radius 2 is 1.93 bits per heavy atom. The number of rotatable bonds is 7. The van der Waals surface area contributed by atoms with Crippen LogP contribution >= 0.6 is 0 Å². The van der Waals surface area contributed by atoms with Gasteiger partial charge in [0.2, 0.25) is 0 Å². The van der Waals surface area contributed by atoms with Crippen LogP contribution in [0.2, 0.25) is 0 Å². The highest BCUT2D eigenvalue weighted by Gasteiger charge is 2.21. The molecule has 1 aromatic carbocycles. The lowest BCUT2D eigenvalue weighted by molar-refractivity contribution is 0.233. The third-order valence-electron chi connectivity index (χ3n) is 4.98. The highest BCUT2D eigenvalue weighted by molar-refractivity contribution is 5.53. The van der Waals surface area contributed by atoms with Crippen molar-refractivity contribution >= 4 is 0 Å². The number of ether oxygens (including phenoxy) is 2. The molecule has 0 unspecified atom stereocenters. The molecule has 6 nitrogen and oxygen atoms in total. The van der Waals surface area contributed by atoms with Gasteiger partial charge in [-0.05, 0) is 32.0 Å². The Balaban J connectivity index is 1.52. The average Bonchev–Trinajstić information content (AvgIpc) is 2.76. The summed E-state index contributed by atoms with van der Waals surface area (Å²) in [4.78, 5) is 15.9. The Hall–Kier alpha value is -2.99. The van der Waals surface area contributed by atoms with Crippen LogP contribution in [-0.2, 0) is 19.5 Å². The number of nitrogens with zero attached hydrogens (tertiary/aromatic N) is 4. The van der Waals surface area contributed by atoms with Gasteiger partial charge in [0.05, 0.1) is 18.9 Å². The first-order chi connectivity index (χ1) is 14.3. The van der Waals surface area contributed by atoms with E-state index in [9.17, 15) is 0 Å². The predicted octanol–water partition coefficient (Wildman–Crippen LogP) is 3.89. The van der Waals surface area contributed by atoms with Crippen LogP contribution in [0.25, 0.3) is 11.4 Å². The number of aromatic nitrogens is 3. The Kier molecular flexibility index (Phi) is 6.00. The molecule has 3 aromatic rings. The molecule has 1 aliphatic rings. The van der Waals surface area contributed by atoms with Gasteiger partial charge in [0, 0.05) is 61.3 Å². The highest BCUT2D eigenvalue weighted by atomic mass is 16.5. The molecular formula is C23H26N4O2. The van der Waals surface area contributed by atoms with Gasteiger partial charge in [-0.3, -0.25) is 9.88 Å². The minimum atomic E-state index is 0.616. The van der Waals surface area contributed by atoms with Crippen molar-refractivity contribution in [3.8, 4) is 22.9 Å². The molecular weight excluding hydrogens is 364 g/mol. The molecule has 0 bridgehead atoms. The molecule has 4 rings (SSSR count). The lowest BCUT2D eigenvalue weighted by Gasteiger charge is -2.29. The second kappa shape index (κ2) is 9.01. The first kappa shape index (κ1) is 19.3. The fourth-order valence-electron chi connectivity index (χ4n) is 3.65. The van der Waals surface area contributed by atoms with Gasteiger partial charge in [0.25, 0.3) is 0 Å². The quantitative estimate of drug-likeness (QED) is 0.610. The fraction of sp³-hybridized carbons (Fsp3) is 0.348. The van der Waals surface area contributed by atoms with Crippen molar-refractivity contribution in [2.24, 2.45) is 0 Å². The van der Waals surface area contributed by atoms with E-state index in [0.717, 1.165) is 60.2 Å². The maximum Gasteiger partial charge on any atom is 0.165 e. The zero-order chi connectivity index (χ0) is 20.1. The molecule has 0 aliphatic carbocycles. The predicted molar refractivity (Wildman–Crippen MR) is 112 cm³/mol. The number of benzene rings is 1. The van der Waals surface area contributed by atoms with Crippen molar-refractivity contribution in [3.05, 3.63) is 65.7 Å². The second-order valence-electron chi connectivity index (χ2n) is 6.98. The van der Waals surface area contributed by atoms with Crippen LogP contribution in [0.15, 0.2) is 48.9 Å². The molecule has 150 valence electrons. The van der Waals surface area contributed by atoms with Crippen LogP contribution in [-0.4, -0.2) is 39.6 Å². The zero-order valence-electron chi connectivity index (χ0n) is 17.0. The van der Waals surface area contributed by atoms with E-state index in [4.69, 9.17) is 14.5 Å². The average molecular weight is 390 g/mol. The first-order valence-electron chi connectivity index (χ1n) is 10.1. The Bertz CT molecular complexity index is 962. The number of pyridine rings is 1. The molecule has 1 aliphatic heterocycles. The summed E-state index contributed by atoms with van der Waals surface area (Å²) in [6, 6.07) is 10.0. The van der Waals surface area contributed by atoms with Gasteiger partial charge >= 0.3 is 0 Å². The lowest BCUT2D eigenvalue weighted by atomic mass is 10.1. The van der Waals surface area contributed by atoms with Crippen LogP contribution < -0.4 is 9.47 Å². The van der Waals surface area contributed by atoms with E-state index in [1.54, 1.807) is 12.4 Å². The number of hydrogen-bond acceptors (Lipinski definition) is 6. The molecule has 0 N–H and O–H groups in total. The Morgan fingerprint density at radius 3 is 2.72 bits per heavy atom. The molecule has 0 amide bonds. The molecule has 29 heavy (non-hydrogen) atoms. The van der Waals surface area contributed by atoms with Crippen molar-refractivity contribution in [1.29, 1.82) is 0 Å². The Labute approximate surface area is 171 Å². The van der Waals surface area contributed by atoms with Gasteiger partial charge < -0.3 is 9.47 Å². The van der Waals surface area contributed by atoms with Gasteiger partial charge in [-0.1, -0.05) is 12.1 Å². The van der Waals surface area contributed by atoms with E-state index in [2.05, 4.69) is 20.9 Å². The summed E-state index contributed by atoms with van der Waals surface area (Å²) >= 11 is 0. The van der Waals surface area contributed by atoms with E-state index >= 15 is 0 Å². The third-order valence-corrected chi connectivity index (χ3v) is 4.98. The minimum Gasteiger partial charge on any atom is -0.490 e. The summed E-state index contributed by atoms with van der Waals surface area (Å²) in [6.07, 6.45) is 6.42. The SMILES string of the molecule is CCOc1cccc(CN2CCc3nc(-c4cccnc4)ncc3C2)c1OCC. The molecule has 6 heteroatoms.